The van der Waals surface area contributed by atoms with E-state index in [4.69, 9.17) is 0 Å². The summed E-state index contributed by atoms with van der Waals surface area (Å²) in [7, 11) is -1.54. The first kappa shape index (κ1) is 27.9. The van der Waals surface area contributed by atoms with E-state index in [2.05, 4.69) is 110 Å². The number of rotatable bonds is 4. The van der Waals surface area contributed by atoms with Crippen molar-refractivity contribution in [2.75, 3.05) is 0 Å². The van der Waals surface area contributed by atoms with E-state index in [1.165, 1.54) is 59.9 Å². The second-order valence-corrected chi connectivity index (χ2v) is 21.5. The maximum atomic E-state index is 2.85. The van der Waals surface area contributed by atoms with E-state index in [1.807, 2.05) is 0 Å². The Hall–Kier alpha value is -1.25. The molecule has 210 valence electrons. The van der Waals surface area contributed by atoms with Crippen molar-refractivity contribution >= 4 is 25.4 Å². The van der Waals surface area contributed by atoms with Crippen LogP contribution in [0.15, 0.2) is 41.3 Å². The zero-order valence-corrected chi connectivity index (χ0v) is 27.9. The largest absolute Gasteiger partial charge is 0.127 e. The zero-order valence-electron chi connectivity index (χ0n) is 26.1. The number of aryl methyl sites for hydroxylation is 4. The van der Waals surface area contributed by atoms with Crippen molar-refractivity contribution in [3.8, 4) is 0 Å². The fourth-order valence-corrected chi connectivity index (χ4v) is 20.3. The normalized spacial score (nSPS) is 36.4. The maximum absolute atomic E-state index is 2.85. The van der Waals surface area contributed by atoms with Crippen LogP contribution in [0.25, 0.3) is 5.57 Å². The first-order chi connectivity index (χ1) is 18.5. The van der Waals surface area contributed by atoms with Crippen LogP contribution in [-0.2, 0) is 0 Å². The molecule has 9 atom stereocenters. The van der Waals surface area contributed by atoms with Gasteiger partial charge in [-0.2, -0.15) is 0 Å². The molecule has 3 aliphatic carbocycles. The monoisotopic (exact) mass is 556 g/mol. The van der Waals surface area contributed by atoms with Crippen molar-refractivity contribution in [2.24, 2.45) is 29.6 Å². The van der Waals surface area contributed by atoms with E-state index in [1.54, 1.807) is 16.0 Å². The highest BCUT2D eigenvalue weighted by Crippen LogP contribution is 2.68. The van der Waals surface area contributed by atoms with Crippen LogP contribution in [0.4, 0.5) is 0 Å². The van der Waals surface area contributed by atoms with Crippen molar-refractivity contribution in [1.82, 2.24) is 0 Å². The van der Waals surface area contributed by atoms with Crippen LogP contribution >= 0.6 is 11.8 Å². The third-order valence-electron chi connectivity index (χ3n) is 11.8. The second kappa shape index (κ2) is 10.2. The summed E-state index contributed by atoms with van der Waals surface area (Å²) in [6.07, 6.45) is 7.21. The summed E-state index contributed by atoms with van der Waals surface area (Å²) >= 11 is 2.29. The Morgan fingerprint density at radius 3 is 1.90 bits per heavy atom. The minimum Gasteiger partial charge on any atom is -0.127 e. The van der Waals surface area contributed by atoms with Gasteiger partial charge in [0.2, 0.25) is 0 Å². The molecule has 2 aromatic carbocycles. The molecule has 1 aliphatic heterocycles. The summed E-state index contributed by atoms with van der Waals surface area (Å²) < 4.78 is 0. The minimum absolute atomic E-state index is 0.754. The molecule has 2 heteroatoms. The molecule has 0 aromatic heterocycles. The zero-order chi connectivity index (χ0) is 27.8. The Bertz CT molecular complexity index is 1240. The van der Waals surface area contributed by atoms with Crippen molar-refractivity contribution in [1.29, 1.82) is 0 Å². The van der Waals surface area contributed by atoms with Gasteiger partial charge in [-0.15, -0.1) is 11.8 Å². The quantitative estimate of drug-likeness (QED) is 0.337. The average molecular weight is 557 g/mol. The molecule has 9 unspecified atom stereocenters. The van der Waals surface area contributed by atoms with Gasteiger partial charge >= 0.3 is 0 Å². The number of thioether (sulfide) groups is 1. The topological polar surface area (TPSA) is 0 Å². The molecular weight excluding hydrogens is 505 g/mol. The molecule has 0 nitrogen and oxygen atoms in total. The van der Waals surface area contributed by atoms with Crippen LogP contribution < -0.4 is 0 Å². The van der Waals surface area contributed by atoms with Crippen LogP contribution in [0.2, 0.25) is 24.2 Å². The van der Waals surface area contributed by atoms with Gasteiger partial charge in [0.15, 0.2) is 0 Å². The highest BCUT2D eigenvalue weighted by atomic mass is 32.2. The molecule has 0 spiro atoms. The molecule has 0 saturated heterocycles. The van der Waals surface area contributed by atoms with E-state index < -0.39 is 8.07 Å². The summed E-state index contributed by atoms with van der Waals surface area (Å²) in [5.74, 6) is 5.14. The van der Waals surface area contributed by atoms with Gasteiger partial charge in [-0.05, 0) is 122 Å². The van der Waals surface area contributed by atoms with Crippen LogP contribution in [0.5, 0.6) is 0 Å². The SMILES string of the molecule is CC1=C(c2cc(C)cc(C)c2)C2CC(C)C([Si](C)(C)C3C(C)CC4C(c5cc(C)cc(C)c5)CCCC43)C2S1. The summed E-state index contributed by atoms with van der Waals surface area (Å²) in [5, 5.41) is 0.808. The summed E-state index contributed by atoms with van der Waals surface area (Å²) in [6, 6.07) is 14.7. The van der Waals surface area contributed by atoms with Gasteiger partial charge in [0.05, 0.1) is 8.07 Å². The van der Waals surface area contributed by atoms with Crippen molar-refractivity contribution < 1.29 is 0 Å². The van der Waals surface area contributed by atoms with E-state index in [9.17, 15) is 0 Å². The van der Waals surface area contributed by atoms with Gasteiger partial charge in [0.1, 0.15) is 0 Å². The molecule has 3 saturated carbocycles. The van der Waals surface area contributed by atoms with E-state index in [-0.39, 0.29) is 0 Å². The van der Waals surface area contributed by atoms with E-state index >= 15 is 0 Å². The third-order valence-corrected chi connectivity index (χ3v) is 18.9. The van der Waals surface area contributed by atoms with Gasteiger partial charge in [-0.1, -0.05) is 98.4 Å². The van der Waals surface area contributed by atoms with Crippen LogP contribution in [-0.4, -0.2) is 13.3 Å². The summed E-state index contributed by atoms with van der Waals surface area (Å²) in [4.78, 5) is 1.63. The highest BCUT2D eigenvalue weighted by Gasteiger charge is 2.60. The Morgan fingerprint density at radius 1 is 0.667 bits per heavy atom. The predicted molar refractivity (Wildman–Crippen MR) is 175 cm³/mol. The molecule has 1 heterocycles. The van der Waals surface area contributed by atoms with E-state index in [0.29, 0.717) is 0 Å². The molecular formula is C37H52SSi. The molecule has 0 radical (unpaired) electrons. The van der Waals surface area contributed by atoms with Crippen molar-refractivity contribution in [3.05, 3.63) is 74.7 Å². The first-order valence-electron chi connectivity index (χ1n) is 16.0. The third kappa shape index (κ3) is 4.74. The maximum Gasteiger partial charge on any atom is 0.0555 e. The van der Waals surface area contributed by atoms with E-state index in [0.717, 1.165) is 51.8 Å². The Kier molecular flexibility index (Phi) is 7.32. The standard InChI is InChI=1S/C37H52SSi/c1-21-13-22(2)16-28(15-21)30-11-10-12-31-32(30)19-25(5)36(31)39(8,9)37-26(6)20-33-34(27(7)38-35(33)37)29-17-23(3)14-24(4)18-29/h13-18,25-26,30-33,35-37H,10-12,19-20H2,1-9H3. The molecule has 0 N–H and O–H groups in total. The van der Waals surface area contributed by atoms with Crippen molar-refractivity contribution in [2.45, 2.75) is 116 Å². The fraction of sp³-hybridized carbons (Fsp3) is 0.622. The molecule has 0 amide bonds. The lowest BCUT2D eigenvalue weighted by Crippen LogP contribution is -2.47. The minimum atomic E-state index is -1.54. The summed E-state index contributed by atoms with van der Waals surface area (Å²) in [5.41, 5.74) is 12.5. The first-order valence-corrected chi connectivity index (χ1v) is 20.0. The Morgan fingerprint density at radius 2 is 1.26 bits per heavy atom. The second-order valence-electron chi connectivity index (χ2n) is 15.1. The fourth-order valence-electron chi connectivity index (χ4n) is 11.2. The Labute approximate surface area is 244 Å². The smallest absolute Gasteiger partial charge is 0.0555 e. The molecule has 3 fully saturated rings. The highest BCUT2D eigenvalue weighted by molar-refractivity contribution is 8.04. The number of benzene rings is 2. The molecule has 4 aliphatic rings. The van der Waals surface area contributed by atoms with Crippen LogP contribution in [0.3, 0.4) is 0 Å². The van der Waals surface area contributed by atoms with Gasteiger partial charge in [0.25, 0.3) is 0 Å². The van der Waals surface area contributed by atoms with Crippen LogP contribution in [0, 0.1) is 57.3 Å². The number of fused-ring (bicyclic) bond motifs is 2. The lowest BCUT2D eigenvalue weighted by atomic mass is 9.70. The molecule has 2 aromatic rings. The molecule has 39 heavy (non-hydrogen) atoms. The van der Waals surface area contributed by atoms with Gasteiger partial charge < -0.3 is 0 Å². The Balaban J connectivity index is 1.29. The number of allylic oxidation sites excluding steroid dienone is 2. The number of hydrogen-bond donors (Lipinski definition) is 0. The van der Waals surface area contributed by atoms with Crippen LogP contribution in [0.1, 0.15) is 92.2 Å². The lowest BCUT2D eigenvalue weighted by molar-refractivity contribution is 0.235. The average Bonchev–Trinajstić information content (AvgIpc) is 3.44. The number of hydrogen-bond acceptors (Lipinski definition) is 1. The predicted octanol–water partition coefficient (Wildman–Crippen LogP) is 11.1. The molecule has 0 bridgehead atoms. The lowest BCUT2D eigenvalue weighted by Gasteiger charge is -2.47. The van der Waals surface area contributed by atoms with Gasteiger partial charge in [0, 0.05) is 5.25 Å². The van der Waals surface area contributed by atoms with Crippen molar-refractivity contribution in [3.63, 3.8) is 0 Å². The molecule has 6 rings (SSSR count). The van der Waals surface area contributed by atoms with Gasteiger partial charge in [-0.3, -0.25) is 0 Å². The van der Waals surface area contributed by atoms with Gasteiger partial charge in [-0.25, -0.2) is 0 Å². The summed E-state index contributed by atoms with van der Waals surface area (Å²) in [6.45, 7) is 22.6.